The molecular weight excluding hydrogens is 349 g/mol. The number of rotatable bonds is 3. The van der Waals surface area contributed by atoms with Gasteiger partial charge in [-0.15, -0.1) is 11.3 Å². The van der Waals surface area contributed by atoms with Crippen molar-refractivity contribution in [3.63, 3.8) is 0 Å². The normalized spacial score (nSPS) is 10.8. The smallest absolute Gasteiger partial charge is 0.123 e. The van der Waals surface area contributed by atoms with E-state index in [1.54, 1.807) is 11.3 Å². The van der Waals surface area contributed by atoms with E-state index in [9.17, 15) is 4.39 Å². The summed E-state index contributed by atoms with van der Waals surface area (Å²) in [7, 11) is 0. The summed E-state index contributed by atoms with van der Waals surface area (Å²) in [6, 6.07) is 14.8. The van der Waals surface area contributed by atoms with Crippen molar-refractivity contribution in [2.45, 2.75) is 13.3 Å². The Balaban J connectivity index is 1.89. The average Bonchev–Trinajstić information content (AvgIpc) is 2.82. The topological polar surface area (TPSA) is 12.9 Å². The molecule has 0 bridgehead atoms. The Labute approximate surface area is 135 Å². The number of thiazole rings is 1. The lowest BCUT2D eigenvalue weighted by molar-refractivity contribution is 0.627. The van der Waals surface area contributed by atoms with Crippen LogP contribution in [0.3, 0.4) is 0 Å². The first-order valence-electron chi connectivity index (χ1n) is 6.58. The highest BCUT2D eigenvalue weighted by atomic mass is 79.9. The molecule has 0 unspecified atom stereocenters. The number of benzene rings is 2. The van der Waals surface area contributed by atoms with Crippen LogP contribution in [-0.2, 0) is 6.42 Å². The fraction of sp³-hybridized carbons (Fsp3) is 0.118. The van der Waals surface area contributed by atoms with Crippen molar-refractivity contribution < 1.29 is 4.39 Å². The number of hydrogen-bond donors (Lipinski definition) is 0. The predicted octanol–water partition coefficient (Wildman–Crippen LogP) is 5.61. The van der Waals surface area contributed by atoms with E-state index in [0.717, 1.165) is 32.7 Å². The third-order valence-electron chi connectivity index (χ3n) is 3.21. The van der Waals surface area contributed by atoms with Gasteiger partial charge in [0.15, 0.2) is 0 Å². The highest BCUT2D eigenvalue weighted by molar-refractivity contribution is 9.10. The average molecular weight is 362 g/mol. The van der Waals surface area contributed by atoms with Crippen LogP contribution in [0.4, 0.5) is 4.39 Å². The van der Waals surface area contributed by atoms with Crippen molar-refractivity contribution in [1.82, 2.24) is 4.98 Å². The molecule has 3 rings (SSSR count). The zero-order valence-electron chi connectivity index (χ0n) is 11.4. The van der Waals surface area contributed by atoms with Crippen LogP contribution in [0, 0.1) is 12.7 Å². The molecule has 0 N–H and O–H groups in total. The van der Waals surface area contributed by atoms with Crippen molar-refractivity contribution in [3.05, 3.63) is 74.3 Å². The van der Waals surface area contributed by atoms with E-state index in [4.69, 9.17) is 4.98 Å². The fourth-order valence-electron chi connectivity index (χ4n) is 2.21. The van der Waals surface area contributed by atoms with Gasteiger partial charge in [0.05, 0.1) is 10.7 Å². The van der Waals surface area contributed by atoms with Gasteiger partial charge in [-0.05, 0) is 36.8 Å². The van der Waals surface area contributed by atoms with Gasteiger partial charge in [0.25, 0.3) is 0 Å². The summed E-state index contributed by atoms with van der Waals surface area (Å²) in [5.74, 6) is -0.205. The number of nitrogens with zero attached hydrogens (tertiary/aromatic N) is 1. The van der Waals surface area contributed by atoms with Crippen LogP contribution in [0.15, 0.2) is 53.0 Å². The Morgan fingerprint density at radius 3 is 2.62 bits per heavy atom. The molecule has 0 radical (unpaired) electrons. The zero-order valence-corrected chi connectivity index (χ0v) is 13.8. The molecule has 1 heterocycles. The molecule has 0 saturated carbocycles. The molecule has 1 aromatic heterocycles. The van der Waals surface area contributed by atoms with Crippen LogP contribution in [0.2, 0.25) is 0 Å². The minimum atomic E-state index is -0.205. The summed E-state index contributed by atoms with van der Waals surface area (Å²) >= 11 is 5.19. The van der Waals surface area contributed by atoms with Gasteiger partial charge in [0.2, 0.25) is 0 Å². The molecule has 4 heteroatoms. The van der Waals surface area contributed by atoms with Gasteiger partial charge in [-0.1, -0.05) is 40.2 Å². The maximum atomic E-state index is 12.9. The third kappa shape index (κ3) is 3.39. The summed E-state index contributed by atoms with van der Waals surface area (Å²) in [6.07, 6.45) is 0.736. The molecule has 21 heavy (non-hydrogen) atoms. The highest BCUT2D eigenvalue weighted by Crippen LogP contribution is 2.30. The van der Waals surface area contributed by atoms with Gasteiger partial charge < -0.3 is 0 Å². The minimum absolute atomic E-state index is 0.205. The van der Waals surface area contributed by atoms with E-state index in [2.05, 4.69) is 35.0 Å². The second-order valence-corrected chi connectivity index (χ2v) is 7.03. The second-order valence-electron chi connectivity index (χ2n) is 4.83. The molecule has 2 aromatic carbocycles. The number of aryl methyl sites for hydroxylation is 1. The summed E-state index contributed by atoms with van der Waals surface area (Å²) < 4.78 is 14.0. The SMILES string of the molecule is Cc1sc(Cc2ccc(F)cc2)nc1-c1cccc(Br)c1. The monoisotopic (exact) mass is 361 g/mol. The lowest BCUT2D eigenvalue weighted by Crippen LogP contribution is -1.88. The van der Waals surface area contributed by atoms with Gasteiger partial charge in [-0.2, -0.15) is 0 Å². The van der Waals surface area contributed by atoms with E-state index >= 15 is 0 Å². The number of aromatic nitrogens is 1. The first-order chi connectivity index (χ1) is 10.1. The lowest BCUT2D eigenvalue weighted by atomic mass is 10.1. The Hall–Kier alpha value is -1.52. The van der Waals surface area contributed by atoms with E-state index in [0.29, 0.717) is 0 Å². The van der Waals surface area contributed by atoms with Gasteiger partial charge in [-0.25, -0.2) is 9.37 Å². The first-order valence-corrected chi connectivity index (χ1v) is 8.19. The predicted molar refractivity (Wildman–Crippen MR) is 89.2 cm³/mol. The fourth-order valence-corrected chi connectivity index (χ4v) is 3.60. The molecule has 0 saturated heterocycles. The maximum absolute atomic E-state index is 12.9. The van der Waals surface area contributed by atoms with E-state index in [1.165, 1.54) is 17.0 Å². The van der Waals surface area contributed by atoms with E-state index in [-0.39, 0.29) is 5.82 Å². The number of halogens is 2. The molecule has 0 aliphatic rings. The van der Waals surface area contributed by atoms with Crippen LogP contribution in [0.1, 0.15) is 15.4 Å². The quantitative estimate of drug-likeness (QED) is 0.590. The second kappa shape index (κ2) is 6.08. The lowest BCUT2D eigenvalue weighted by Gasteiger charge is -1.99. The zero-order chi connectivity index (χ0) is 14.8. The number of hydrogen-bond acceptors (Lipinski definition) is 2. The molecular formula is C17H13BrFNS. The molecule has 1 nitrogen and oxygen atoms in total. The van der Waals surface area contributed by atoms with Crippen LogP contribution >= 0.6 is 27.3 Å². The van der Waals surface area contributed by atoms with Crippen LogP contribution in [0.5, 0.6) is 0 Å². The molecule has 0 amide bonds. The van der Waals surface area contributed by atoms with Crippen molar-refractivity contribution in [2.24, 2.45) is 0 Å². The van der Waals surface area contributed by atoms with Crippen LogP contribution in [-0.4, -0.2) is 4.98 Å². The first kappa shape index (κ1) is 14.4. The Morgan fingerprint density at radius 1 is 1.14 bits per heavy atom. The molecule has 0 fully saturated rings. The van der Waals surface area contributed by atoms with Gasteiger partial charge in [-0.3, -0.25) is 0 Å². The van der Waals surface area contributed by atoms with Crippen molar-refractivity contribution in [2.75, 3.05) is 0 Å². The molecule has 0 atom stereocenters. The summed E-state index contributed by atoms with van der Waals surface area (Å²) in [6.45, 7) is 2.09. The van der Waals surface area contributed by atoms with Crippen molar-refractivity contribution in [1.29, 1.82) is 0 Å². The van der Waals surface area contributed by atoms with E-state index < -0.39 is 0 Å². The van der Waals surface area contributed by atoms with Crippen molar-refractivity contribution in [3.8, 4) is 11.3 Å². The van der Waals surface area contributed by atoms with Crippen LogP contribution < -0.4 is 0 Å². The summed E-state index contributed by atoms with van der Waals surface area (Å²) in [5, 5.41) is 1.05. The Morgan fingerprint density at radius 2 is 1.90 bits per heavy atom. The van der Waals surface area contributed by atoms with Gasteiger partial charge in [0.1, 0.15) is 5.82 Å². The van der Waals surface area contributed by atoms with E-state index in [1.807, 2.05) is 24.3 Å². The van der Waals surface area contributed by atoms with Gasteiger partial charge >= 0.3 is 0 Å². The molecule has 106 valence electrons. The summed E-state index contributed by atoms with van der Waals surface area (Å²) in [5.41, 5.74) is 3.22. The minimum Gasteiger partial charge on any atom is -0.241 e. The van der Waals surface area contributed by atoms with Crippen molar-refractivity contribution >= 4 is 27.3 Å². The standard InChI is InChI=1S/C17H13BrFNS/c1-11-17(13-3-2-4-14(18)10-13)20-16(21-11)9-12-5-7-15(19)8-6-12/h2-8,10H,9H2,1H3. The largest absolute Gasteiger partial charge is 0.241 e. The molecule has 0 aliphatic carbocycles. The maximum Gasteiger partial charge on any atom is 0.123 e. The van der Waals surface area contributed by atoms with Gasteiger partial charge in [0, 0.05) is 21.3 Å². The molecule has 0 spiro atoms. The molecule has 3 aromatic rings. The Kier molecular flexibility index (Phi) is 4.17. The molecule has 0 aliphatic heterocycles. The third-order valence-corrected chi connectivity index (χ3v) is 4.67. The van der Waals surface area contributed by atoms with Crippen LogP contribution in [0.25, 0.3) is 11.3 Å². The summed E-state index contributed by atoms with van der Waals surface area (Å²) in [4.78, 5) is 5.94. The Bertz CT molecular complexity index is 765. The highest BCUT2D eigenvalue weighted by Gasteiger charge is 2.10.